The number of hydrogen-bond donors (Lipinski definition) is 2. The van der Waals surface area contributed by atoms with Crippen LogP contribution in [-0.2, 0) is 14.1 Å². The molecule has 1 aromatic rings. The van der Waals surface area contributed by atoms with Crippen LogP contribution in [0.15, 0.2) is 23.7 Å². The van der Waals surface area contributed by atoms with E-state index >= 15 is 0 Å². The summed E-state index contributed by atoms with van der Waals surface area (Å²) in [7, 11) is -0.625. The lowest BCUT2D eigenvalue weighted by molar-refractivity contribution is -0.118. The standard InChI is InChI=1S/C19H26BNO5/c1-12-14(8-7-9-16(12)17(23)24)10-15(11-21-13(2)22)20-25-18(3,4)19(5,6)26-20/h7-10H,11H2,1-6H3,(H,21,22)(H,23,24). The Hall–Kier alpha value is -2.12. The first kappa shape index (κ1) is 20.2. The number of carbonyl (C=O) groups is 2. The summed E-state index contributed by atoms with van der Waals surface area (Å²) < 4.78 is 12.2. The molecule has 1 saturated heterocycles. The Bertz CT molecular complexity index is 738. The van der Waals surface area contributed by atoms with Gasteiger partial charge in [-0.1, -0.05) is 18.2 Å². The monoisotopic (exact) mass is 359 g/mol. The summed E-state index contributed by atoms with van der Waals surface area (Å²) in [6.45, 7) is 11.3. The number of hydrogen-bond acceptors (Lipinski definition) is 4. The fourth-order valence-corrected chi connectivity index (χ4v) is 2.66. The van der Waals surface area contributed by atoms with Crippen LogP contribution in [-0.4, -0.2) is 41.8 Å². The van der Waals surface area contributed by atoms with Crippen molar-refractivity contribution in [3.63, 3.8) is 0 Å². The number of carboxylic acid groups (broad SMARTS) is 1. The molecule has 7 heteroatoms. The van der Waals surface area contributed by atoms with Crippen LogP contribution in [0.2, 0.25) is 0 Å². The molecule has 26 heavy (non-hydrogen) atoms. The van der Waals surface area contributed by atoms with Gasteiger partial charge in [-0.3, -0.25) is 4.79 Å². The molecule has 0 spiro atoms. The minimum Gasteiger partial charge on any atom is -0.478 e. The molecule has 140 valence electrons. The van der Waals surface area contributed by atoms with Crippen molar-refractivity contribution >= 4 is 25.1 Å². The van der Waals surface area contributed by atoms with Crippen molar-refractivity contribution in [2.45, 2.75) is 52.7 Å². The van der Waals surface area contributed by atoms with Gasteiger partial charge >= 0.3 is 13.1 Å². The molecule has 1 aliphatic rings. The number of rotatable bonds is 5. The molecule has 2 N–H and O–H groups in total. The largest absolute Gasteiger partial charge is 0.492 e. The third-order valence-corrected chi connectivity index (χ3v) is 5.04. The highest BCUT2D eigenvalue weighted by Gasteiger charge is 2.52. The summed E-state index contributed by atoms with van der Waals surface area (Å²) >= 11 is 0. The fraction of sp³-hybridized carbons (Fsp3) is 0.474. The average molecular weight is 359 g/mol. The summed E-state index contributed by atoms with van der Waals surface area (Å²) in [4.78, 5) is 22.8. The first-order valence-corrected chi connectivity index (χ1v) is 8.58. The van der Waals surface area contributed by atoms with Gasteiger partial charge in [0.05, 0.1) is 16.8 Å². The molecular formula is C19H26BNO5. The highest BCUT2D eigenvalue weighted by atomic mass is 16.7. The number of carbonyl (C=O) groups excluding carboxylic acids is 1. The second-order valence-corrected chi connectivity index (χ2v) is 7.54. The van der Waals surface area contributed by atoms with Gasteiger partial charge in [-0.05, 0) is 57.3 Å². The molecule has 2 rings (SSSR count). The highest BCUT2D eigenvalue weighted by Crippen LogP contribution is 2.38. The molecule has 0 aromatic heterocycles. The Kier molecular flexibility index (Phi) is 5.63. The Balaban J connectivity index is 2.43. The maximum Gasteiger partial charge on any atom is 0.492 e. The lowest BCUT2D eigenvalue weighted by atomic mass is 9.76. The summed E-state index contributed by atoms with van der Waals surface area (Å²) in [6, 6.07) is 5.10. The van der Waals surface area contributed by atoms with E-state index in [1.807, 2.05) is 39.8 Å². The summed E-state index contributed by atoms with van der Waals surface area (Å²) in [5.74, 6) is -1.14. The lowest BCUT2D eigenvalue weighted by Crippen LogP contribution is -2.41. The van der Waals surface area contributed by atoms with E-state index < -0.39 is 24.3 Å². The second-order valence-electron chi connectivity index (χ2n) is 7.54. The van der Waals surface area contributed by atoms with Gasteiger partial charge in [0, 0.05) is 13.5 Å². The number of nitrogens with one attached hydrogen (secondary N) is 1. The van der Waals surface area contributed by atoms with E-state index in [-0.39, 0.29) is 18.0 Å². The van der Waals surface area contributed by atoms with Crippen LogP contribution >= 0.6 is 0 Å². The molecule has 1 heterocycles. The Labute approximate surface area is 154 Å². The van der Waals surface area contributed by atoms with Gasteiger partial charge in [0.15, 0.2) is 0 Å². The summed E-state index contributed by atoms with van der Waals surface area (Å²) in [5, 5.41) is 12.1. The second kappa shape index (κ2) is 7.25. The van der Waals surface area contributed by atoms with E-state index in [2.05, 4.69) is 5.32 Å². The van der Waals surface area contributed by atoms with Crippen LogP contribution < -0.4 is 5.32 Å². The van der Waals surface area contributed by atoms with Gasteiger partial charge in [0.2, 0.25) is 5.91 Å². The normalized spacial score (nSPS) is 18.7. The molecule has 1 aliphatic heterocycles. The van der Waals surface area contributed by atoms with E-state index in [4.69, 9.17) is 9.31 Å². The maximum absolute atomic E-state index is 11.4. The molecule has 1 amide bonds. The maximum atomic E-state index is 11.4. The van der Waals surface area contributed by atoms with E-state index in [1.54, 1.807) is 19.1 Å². The van der Waals surface area contributed by atoms with Crippen LogP contribution in [0.4, 0.5) is 0 Å². The van der Waals surface area contributed by atoms with Gasteiger partial charge < -0.3 is 19.7 Å². The minimum absolute atomic E-state index is 0.163. The highest BCUT2D eigenvalue weighted by molar-refractivity contribution is 6.56. The zero-order valence-electron chi connectivity index (χ0n) is 16.2. The van der Waals surface area contributed by atoms with Crippen LogP contribution in [0.25, 0.3) is 6.08 Å². The summed E-state index contributed by atoms with van der Waals surface area (Å²) in [6.07, 6.45) is 1.83. The van der Waals surface area contributed by atoms with Crippen molar-refractivity contribution in [2.24, 2.45) is 0 Å². The van der Waals surface area contributed by atoms with Crippen molar-refractivity contribution < 1.29 is 24.0 Å². The van der Waals surface area contributed by atoms with Gasteiger partial charge in [-0.25, -0.2) is 4.79 Å². The third-order valence-electron chi connectivity index (χ3n) is 5.04. The number of aromatic carboxylic acids is 1. The third kappa shape index (κ3) is 4.16. The van der Waals surface area contributed by atoms with E-state index in [0.717, 1.165) is 11.0 Å². The number of amides is 1. The zero-order valence-corrected chi connectivity index (χ0v) is 16.2. The smallest absolute Gasteiger partial charge is 0.478 e. The molecular weight excluding hydrogens is 333 g/mol. The van der Waals surface area contributed by atoms with Crippen LogP contribution in [0.3, 0.4) is 0 Å². The first-order valence-electron chi connectivity index (χ1n) is 8.58. The van der Waals surface area contributed by atoms with Gasteiger partial charge in [-0.2, -0.15) is 0 Å². The molecule has 0 bridgehead atoms. The number of carboxylic acids is 1. The van der Waals surface area contributed by atoms with Crippen molar-refractivity contribution in [2.75, 3.05) is 6.54 Å². The zero-order chi connectivity index (χ0) is 19.7. The molecule has 1 aromatic carbocycles. The van der Waals surface area contributed by atoms with Crippen LogP contribution in [0.1, 0.15) is 56.1 Å². The van der Waals surface area contributed by atoms with E-state index in [9.17, 15) is 14.7 Å². The molecule has 1 fully saturated rings. The molecule has 0 aliphatic carbocycles. The van der Waals surface area contributed by atoms with Gasteiger partial charge in [-0.15, -0.1) is 0 Å². The van der Waals surface area contributed by atoms with Gasteiger partial charge in [0.25, 0.3) is 0 Å². The molecule has 0 atom stereocenters. The summed E-state index contributed by atoms with van der Waals surface area (Å²) in [5.41, 5.74) is 1.35. The van der Waals surface area contributed by atoms with Crippen molar-refractivity contribution in [3.05, 3.63) is 40.4 Å². The first-order chi connectivity index (χ1) is 11.9. The molecule has 6 nitrogen and oxygen atoms in total. The van der Waals surface area contributed by atoms with Crippen LogP contribution in [0, 0.1) is 6.92 Å². The predicted molar refractivity (Wildman–Crippen MR) is 101 cm³/mol. The quantitative estimate of drug-likeness (QED) is 0.790. The Morgan fingerprint density at radius 1 is 1.19 bits per heavy atom. The Morgan fingerprint density at radius 3 is 2.27 bits per heavy atom. The topological polar surface area (TPSA) is 84.9 Å². The van der Waals surface area contributed by atoms with E-state index in [1.165, 1.54) is 6.92 Å². The molecule has 0 unspecified atom stereocenters. The average Bonchev–Trinajstić information content (AvgIpc) is 2.72. The van der Waals surface area contributed by atoms with E-state index in [0.29, 0.717) is 5.56 Å². The van der Waals surface area contributed by atoms with Gasteiger partial charge in [0.1, 0.15) is 0 Å². The van der Waals surface area contributed by atoms with Crippen molar-refractivity contribution in [1.29, 1.82) is 0 Å². The van der Waals surface area contributed by atoms with Crippen LogP contribution in [0.5, 0.6) is 0 Å². The lowest BCUT2D eigenvalue weighted by Gasteiger charge is -2.32. The molecule has 0 saturated carbocycles. The minimum atomic E-state index is -0.975. The van der Waals surface area contributed by atoms with Crippen molar-refractivity contribution in [1.82, 2.24) is 5.32 Å². The Morgan fingerprint density at radius 2 is 1.77 bits per heavy atom. The SMILES string of the molecule is CC(=O)NCC(=Cc1cccc(C(=O)O)c1C)B1OC(C)(C)C(C)(C)O1. The predicted octanol–water partition coefficient (Wildman–Crippen LogP) is 2.84. The number of benzene rings is 1. The fourth-order valence-electron chi connectivity index (χ4n) is 2.66. The molecule has 0 radical (unpaired) electrons. The van der Waals surface area contributed by atoms with Crippen molar-refractivity contribution in [3.8, 4) is 0 Å².